The van der Waals surface area contributed by atoms with Crippen molar-refractivity contribution in [3.63, 3.8) is 0 Å². The Morgan fingerprint density at radius 2 is 1.80 bits per heavy atom. The Morgan fingerprint density at radius 3 is 2.43 bits per heavy atom. The summed E-state index contributed by atoms with van der Waals surface area (Å²) in [5.74, 6) is -1.34. The molecule has 1 amide bonds. The van der Waals surface area contributed by atoms with Crippen molar-refractivity contribution in [3.05, 3.63) is 86.6 Å². The zero-order chi connectivity index (χ0) is 25.4. The van der Waals surface area contributed by atoms with Crippen molar-refractivity contribution in [1.82, 2.24) is 5.32 Å². The number of amides is 1. The third-order valence-electron chi connectivity index (χ3n) is 5.27. The normalized spacial score (nSPS) is 15.3. The molecule has 182 valence electrons. The van der Waals surface area contributed by atoms with E-state index in [9.17, 15) is 14.9 Å². The summed E-state index contributed by atoms with van der Waals surface area (Å²) in [6.07, 6.45) is 0. The van der Waals surface area contributed by atoms with Gasteiger partial charge in [-0.05, 0) is 43.7 Å². The molecule has 1 aliphatic heterocycles. The van der Waals surface area contributed by atoms with E-state index in [1.165, 1.54) is 18.9 Å². The highest BCUT2D eigenvalue weighted by atomic mass is 35.5. The summed E-state index contributed by atoms with van der Waals surface area (Å²) >= 11 is 7.27. The molecule has 3 rings (SSSR count). The van der Waals surface area contributed by atoms with Gasteiger partial charge in [-0.25, -0.2) is 4.79 Å². The molecule has 1 atom stereocenters. The predicted octanol–water partition coefficient (Wildman–Crippen LogP) is 4.91. The molecule has 0 saturated heterocycles. The summed E-state index contributed by atoms with van der Waals surface area (Å²) in [5, 5.41) is 17.1. The summed E-state index contributed by atoms with van der Waals surface area (Å²) in [4.78, 5) is 25.5. The molecular formula is C26H26ClN3O4S. The Morgan fingerprint density at radius 1 is 1.11 bits per heavy atom. The number of hydrogen-bond donors (Lipinski definition) is 2. The van der Waals surface area contributed by atoms with Gasteiger partial charge in [-0.1, -0.05) is 53.2 Å². The molecule has 0 fully saturated rings. The standard InChI is InChI=1S/C26H26ClN3O4S/c1-16-4-10-20(11-5-16)30-22(31)15-35-25-21(14-28)24(18-6-8-19(27)9-7-18)23(17(2)29-25)26(32)34-13-12-33-3/h4-11,24,29H,12-13,15H2,1-3H3,(H,30,31). The number of aryl methyl sites for hydroxylation is 1. The fourth-order valence-electron chi connectivity index (χ4n) is 3.55. The number of nitrogens with zero attached hydrogens (tertiary/aromatic N) is 1. The largest absolute Gasteiger partial charge is 0.460 e. The van der Waals surface area contributed by atoms with Crippen LogP contribution in [-0.4, -0.2) is 38.0 Å². The van der Waals surface area contributed by atoms with Crippen LogP contribution in [0.5, 0.6) is 0 Å². The molecule has 9 heteroatoms. The SMILES string of the molecule is COCCOC(=O)C1=C(C)NC(SCC(=O)Nc2ccc(C)cc2)=C(C#N)C1c1ccc(Cl)cc1. The average Bonchev–Trinajstić information content (AvgIpc) is 2.84. The van der Waals surface area contributed by atoms with E-state index in [4.69, 9.17) is 21.1 Å². The van der Waals surface area contributed by atoms with Gasteiger partial charge in [0.15, 0.2) is 0 Å². The number of nitrogens with one attached hydrogen (secondary N) is 2. The van der Waals surface area contributed by atoms with Crippen LogP contribution < -0.4 is 10.6 Å². The number of nitriles is 1. The minimum absolute atomic E-state index is 0.0790. The van der Waals surface area contributed by atoms with Gasteiger partial charge in [0.1, 0.15) is 6.61 Å². The van der Waals surface area contributed by atoms with Crippen molar-refractivity contribution in [1.29, 1.82) is 5.26 Å². The minimum atomic E-state index is -0.670. The fraction of sp³-hybridized carbons (Fsp3) is 0.269. The molecule has 0 saturated carbocycles. The van der Waals surface area contributed by atoms with Crippen LogP contribution in [0.2, 0.25) is 5.02 Å². The van der Waals surface area contributed by atoms with Crippen LogP contribution in [0.15, 0.2) is 70.4 Å². The number of dihydropyridines is 1. The van der Waals surface area contributed by atoms with Crippen LogP contribution in [0, 0.1) is 18.3 Å². The zero-order valence-corrected chi connectivity index (χ0v) is 21.3. The number of esters is 1. The van der Waals surface area contributed by atoms with Crippen LogP contribution in [0.3, 0.4) is 0 Å². The molecule has 0 aliphatic carbocycles. The second kappa shape index (κ2) is 12.5. The summed E-state index contributed by atoms with van der Waals surface area (Å²) in [5.41, 5.74) is 3.71. The topological polar surface area (TPSA) is 100 Å². The van der Waals surface area contributed by atoms with Crippen molar-refractivity contribution in [2.45, 2.75) is 19.8 Å². The number of hydrogen-bond acceptors (Lipinski definition) is 7. The maximum atomic E-state index is 13.0. The van der Waals surface area contributed by atoms with Crippen molar-refractivity contribution < 1.29 is 19.1 Å². The van der Waals surface area contributed by atoms with Crippen molar-refractivity contribution in [2.24, 2.45) is 0 Å². The van der Waals surface area contributed by atoms with Gasteiger partial charge >= 0.3 is 5.97 Å². The van der Waals surface area contributed by atoms with Crippen molar-refractivity contribution in [3.8, 4) is 6.07 Å². The van der Waals surface area contributed by atoms with Crippen LogP contribution in [-0.2, 0) is 19.1 Å². The number of allylic oxidation sites excluding steroid dienone is 2. The summed E-state index contributed by atoms with van der Waals surface area (Å²) in [6, 6.07) is 16.7. The molecule has 0 radical (unpaired) electrons. The van der Waals surface area contributed by atoms with Gasteiger partial charge in [-0.15, -0.1) is 0 Å². The quantitative estimate of drug-likeness (QED) is 0.364. The van der Waals surface area contributed by atoms with E-state index in [1.54, 1.807) is 31.2 Å². The van der Waals surface area contributed by atoms with E-state index in [1.807, 2.05) is 31.2 Å². The highest BCUT2D eigenvalue weighted by Gasteiger charge is 2.35. The molecule has 0 spiro atoms. The van der Waals surface area contributed by atoms with Crippen molar-refractivity contribution in [2.75, 3.05) is 31.4 Å². The lowest BCUT2D eigenvalue weighted by Gasteiger charge is -2.29. The van der Waals surface area contributed by atoms with Crippen molar-refractivity contribution >= 4 is 40.9 Å². The highest BCUT2D eigenvalue weighted by molar-refractivity contribution is 8.03. The van der Waals surface area contributed by atoms with Gasteiger partial charge < -0.3 is 20.1 Å². The summed E-state index contributed by atoms with van der Waals surface area (Å²) in [7, 11) is 1.52. The number of methoxy groups -OCH3 is 1. The molecule has 2 aromatic carbocycles. The van der Waals surface area contributed by atoms with E-state index in [0.717, 1.165) is 5.56 Å². The summed E-state index contributed by atoms with van der Waals surface area (Å²) < 4.78 is 10.3. The van der Waals surface area contributed by atoms with E-state index in [0.29, 0.717) is 38.1 Å². The molecule has 1 heterocycles. The third kappa shape index (κ3) is 6.89. The maximum Gasteiger partial charge on any atom is 0.336 e. The monoisotopic (exact) mass is 511 g/mol. The molecule has 1 unspecified atom stereocenters. The predicted molar refractivity (Wildman–Crippen MR) is 138 cm³/mol. The lowest BCUT2D eigenvalue weighted by molar-refractivity contribution is -0.140. The van der Waals surface area contributed by atoms with Gasteiger partial charge in [0.05, 0.1) is 40.5 Å². The minimum Gasteiger partial charge on any atom is -0.460 e. The van der Waals surface area contributed by atoms with Gasteiger partial charge in [0.25, 0.3) is 0 Å². The van der Waals surface area contributed by atoms with Crippen LogP contribution >= 0.6 is 23.4 Å². The Hall–Kier alpha value is -3.25. The Bertz CT molecular complexity index is 1180. The van der Waals surface area contributed by atoms with Gasteiger partial charge in [0.2, 0.25) is 5.91 Å². The number of halogens is 1. The molecule has 2 N–H and O–H groups in total. The number of carbonyl (C=O) groups excluding carboxylic acids is 2. The number of rotatable bonds is 9. The van der Waals surface area contributed by atoms with Gasteiger partial charge in [-0.3, -0.25) is 4.79 Å². The number of carbonyl (C=O) groups is 2. The molecule has 2 aromatic rings. The van der Waals surface area contributed by atoms with E-state index >= 15 is 0 Å². The van der Waals surface area contributed by atoms with Crippen LogP contribution in [0.4, 0.5) is 5.69 Å². The maximum absolute atomic E-state index is 13.0. The first-order chi connectivity index (χ1) is 16.8. The first kappa shape index (κ1) is 26.4. The third-order valence-corrected chi connectivity index (χ3v) is 6.54. The van der Waals surface area contributed by atoms with E-state index < -0.39 is 11.9 Å². The molecule has 35 heavy (non-hydrogen) atoms. The first-order valence-corrected chi connectivity index (χ1v) is 12.2. The molecule has 1 aliphatic rings. The lowest BCUT2D eigenvalue weighted by atomic mass is 9.82. The second-order valence-corrected chi connectivity index (χ2v) is 9.26. The number of ether oxygens (including phenoxy) is 2. The molecule has 0 aromatic heterocycles. The zero-order valence-electron chi connectivity index (χ0n) is 19.7. The number of benzene rings is 2. The summed E-state index contributed by atoms with van der Waals surface area (Å²) in [6.45, 7) is 4.07. The Labute approximate surface area is 214 Å². The van der Waals surface area contributed by atoms with Gasteiger partial charge in [0, 0.05) is 23.5 Å². The number of anilines is 1. The first-order valence-electron chi connectivity index (χ1n) is 10.9. The number of thioether (sulfide) groups is 1. The Balaban J connectivity index is 1.86. The smallest absolute Gasteiger partial charge is 0.336 e. The average molecular weight is 512 g/mol. The fourth-order valence-corrected chi connectivity index (χ4v) is 4.57. The molecular weight excluding hydrogens is 486 g/mol. The highest BCUT2D eigenvalue weighted by Crippen LogP contribution is 2.41. The second-order valence-electron chi connectivity index (χ2n) is 7.83. The Kier molecular flexibility index (Phi) is 9.38. The van der Waals surface area contributed by atoms with Gasteiger partial charge in [-0.2, -0.15) is 5.26 Å². The van der Waals surface area contributed by atoms with Crippen LogP contribution in [0.25, 0.3) is 0 Å². The van der Waals surface area contributed by atoms with E-state index in [2.05, 4.69) is 16.7 Å². The van der Waals surface area contributed by atoms with E-state index in [-0.39, 0.29) is 24.9 Å². The van der Waals surface area contributed by atoms with Crippen LogP contribution in [0.1, 0.15) is 24.0 Å². The molecule has 7 nitrogen and oxygen atoms in total. The molecule has 0 bridgehead atoms. The lowest BCUT2D eigenvalue weighted by Crippen LogP contribution is -2.29.